The molecule has 0 radical (unpaired) electrons. The lowest BCUT2D eigenvalue weighted by atomic mass is 10.1. The van der Waals surface area contributed by atoms with Gasteiger partial charge in [0.15, 0.2) is 0 Å². The highest BCUT2D eigenvalue weighted by molar-refractivity contribution is 7.47. The minimum Gasteiger partial charge on any atom is -0.463 e. The fourth-order valence-corrected chi connectivity index (χ4v) is 6.04. The van der Waals surface area contributed by atoms with Crippen molar-refractivity contribution in [1.29, 1.82) is 0 Å². The van der Waals surface area contributed by atoms with Crippen LogP contribution in [0.15, 0.2) is 97.2 Å². The van der Waals surface area contributed by atoms with E-state index in [-0.39, 0.29) is 32.1 Å². The second kappa shape index (κ2) is 42.5. The minimum absolute atomic E-state index is 0.0424. The van der Waals surface area contributed by atoms with Gasteiger partial charge in [-0.05, 0) is 77.0 Å². The largest absolute Gasteiger partial charge is 0.472 e. The third kappa shape index (κ3) is 43.9. The van der Waals surface area contributed by atoms with E-state index in [0.717, 1.165) is 70.6 Å². The molecule has 0 saturated heterocycles. The highest BCUT2D eigenvalue weighted by Gasteiger charge is 2.23. The van der Waals surface area contributed by atoms with E-state index < -0.39 is 26.5 Å². The molecule has 0 aliphatic heterocycles. The molecular formula is C47H78NO8P. The van der Waals surface area contributed by atoms with E-state index in [2.05, 4.69) is 98.2 Å². The molecule has 0 rings (SSSR count). The van der Waals surface area contributed by atoms with Crippen LogP contribution in [0.3, 0.4) is 0 Å². The van der Waals surface area contributed by atoms with Gasteiger partial charge >= 0.3 is 13.8 Å². The first-order valence-corrected chi connectivity index (χ1v) is 23.2. The van der Waals surface area contributed by atoms with Gasteiger partial charge in [0.2, 0.25) is 5.91 Å². The number of unbranched alkanes of at least 4 members (excludes halogenated alkanes) is 11. The lowest BCUT2D eigenvalue weighted by Gasteiger charge is -2.15. The Morgan fingerprint density at radius 3 is 1.54 bits per heavy atom. The Bertz CT molecular complexity index is 1250. The Morgan fingerprint density at radius 1 is 0.579 bits per heavy atom. The van der Waals surface area contributed by atoms with Crippen LogP contribution in [0.25, 0.3) is 0 Å². The van der Waals surface area contributed by atoms with E-state index in [1.807, 2.05) is 12.2 Å². The van der Waals surface area contributed by atoms with Crippen LogP contribution < -0.4 is 5.32 Å². The van der Waals surface area contributed by atoms with Crippen molar-refractivity contribution in [3.63, 3.8) is 0 Å². The predicted octanol–water partition coefficient (Wildman–Crippen LogP) is 12.2. The number of amides is 1. The number of carbonyl (C=O) groups is 2. The number of rotatable bonds is 39. The number of aliphatic hydroxyl groups is 1. The van der Waals surface area contributed by atoms with Gasteiger partial charge < -0.3 is 20.1 Å². The standard InChI is InChI=1S/C47H78NO8P/c1-3-5-7-9-11-13-15-17-19-20-21-22-23-24-26-28-30-32-34-36-38-40-47(51)54-43-45(49)44-56-57(52,53)55-42-41-48-46(50)39-37-35-33-31-29-27-25-18-16-14-12-10-8-6-4-2/h5,7,11,13,17-19,21-22,24-26,30,32,36,38,45,49H,3-4,6,8-10,12,14-16,20,23,27-29,31,33-35,37,39-44H2,1-2H3,(H,48,50)(H,52,53)/b7-5-,13-11-,19-17-,22-21-,25-18-,26-24-,32-30-,38-36-. The SMILES string of the molecule is CC/C=C\C/C=C\C/C=C\C/C=C\C/C=C\C/C=C\C/C=C\CC(=O)OCC(O)COP(=O)(O)OCCNC(=O)CCCCCCC/C=C\CCCCCCCC. The predicted molar refractivity (Wildman–Crippen MR) is 238 cm³/mol. The van der Waals surface area contributed by atoms with E-state index in [1.54, 1.807) is 6.08 Å². The summed E-state index contributed by atoms with van der Waals surface area (Å²) in [4.78, 5) is 33.8. The first-order chi connectivity index (χ1) is 27.8. The van der Waals surface area contributed by atoms with Crippen LogP contribution >= 0.6 is 7.82 Å². The first kappa shape index (κ1) is 53.9. The van der Waals surface area contributed by atoms with Gasteiger partial charge in [0.1, 0.15) is 12.7 Å². The summed E-state index contributed by atoms with van der Waals surface area (Å²) < 4.78 is 26.8. The Morgan fingerprint density at radius 2 is 1.04 bits per heavy atom. The zero-order valence-electron chi connectivity index (χ0n) is 35.5. The molecule has 0 spiro atoms. The van der Waals surface area contributed by atoms with Crippen LogP contribution in [0.2, 0.25) is 0 Å². The molecule has 324 valence electrons. The quantitative estimate of drug-likeness (QED) is 0.0242. The van der Waals surface area contributed by atoms with Crippen LogP contribution in [-0.4, -0.2) is 54.3 Å². The second-order valence-electron chi connectivity index (χ2n) is 13.9. The number of nitrogens with one attached hydrogen (secondary N) is 1. The molecule has 57 heavy (non-hydrogen) atoms. The number of esters is 1. The number of ether oxygens (including phenoxy) is 1. The molecule has 1 amide bonds. The van der Waals surface area contributed by atoms with E-state index >= 15 is 0 Å². The van der Waals surface area contributed by atoms with Gasteiger partial charge in [0, 0.05) is 13.0 Å². The van der Waals surface area contributed by atoms with Crippen molar-refractivity contribution in [1.82, 2.24) is 5.32 Å². The number of aliphatic hydroxyl groups excluding tert-OH is 1. The minimum atomic E-state index is -4.45. The van der Waals surface area contributed by atoms with Crippen LogP contribution in [0.4, 0.5) is 0 Å². The van der Waals surface area contributed by atoms with Gasteiger partial charge in [0.05, 0.1) is 19.6 Å². The highest BCUT2D eigenvalue weighted by atomic mass is 31.2. The molecule has 0 saturated carbocycles. The first-order valence-electron chi connectivity index (χ1n) is 21.7. The second-order valence-corrected chi connectivity index (χ2v) is 15.4. The van der Waals surface area contributed by atoms with E-state index in [1.165, 1.54) is 51.4 Å². The molecule has 0 fully saturated rings. The van der Waals surface area contributed by atoms with Crippen molar-refractivity contribution in [2.45, 2.75) is 161 Å². The molecule has 2 unspecified atom stereocenters. The molecule has 9 nitrogen and oxygen atoms in total. The van der Waals surface area contributed by atoms with Gasteiger partial charge in [-0.25, -0.2) is 4.57 Å². The molecule has 0 aromatic carbocycles. The summed E-state index contributed by atoms with van der Waals surface area (Å²) >= 11 is 0. The normalized spacial score (nSPS) is 14.2. The zero-order chi connectivity index (χ0) is 41.8. The topological polar surface area (TPSA) is 131 Å². The average molecular weight is 816 g/mol. The van der Waals surface area contributed by atoms with Crippen LogP contribution in [0.5, 0.6) is 0 Å². The van der Waals surface area contributed by atoms with Crippen molar-refractivity contribution in [2.75, 3.05) is 26.4 Å². The zero-order valence-corrected chi connectivity index (χ0v) is 36.4. The lowest BCUT2D eigenvalue weighted by molar-refractivity contribution is -0.146. The third-order valence-electron chi connectivity index (χ3n) is 8.53. The van der Waals surface area contributed by atoms with E-state index in [0.29, 0.717) is 12.8 Å². The number of hydrogen-bond donors (Lipinski definition) is 3. The smallest absolute Gasteiger partial charge is 0.463 e. The lowest BCUT2D eigenvalue weighted by Crippen LogP contribution is -2.27. The highest BCUT2D eigenvalue weighted by Crippen LogP contribution is 2.42. The van der Waals surface area contributed by atoms with Crippen molar-refractivity contribution < 1.29 is 37.9 Å². The van der Waals surface area contributed by atoms with Crippen LogP contribution in [-0.2, 0) is 27.9 Å². The number of carbonyl (C=O) groups excluding carboxylic acids is 2. The molecule has 0 aliphatic carbocycles. The summed E-state index contributed by atoms with van der Waals surface area (Å²) in [6, 6.07) is 0. The maximum absolute atomic E-state index is 12.1. The maximum atomic E-state index is 12.1. The Balaban J connectivity index is 3.77. The van der Waals surface area contributed by atoms with Gasteiger partial charge in [-0.2, -0.15) is 0 Å². The molecule has 0 heterocycles. The number of phosphoric ester groups is 1. The maximum Gasteiger partial charge on any atom is 0.472 e. The summed E-state index contributed by atoms with van der Waals surface area (Å²) in [7, 11) is -4.45. The molecule has 2 atom stereocenters. The number of hydrogen-bond acceptors (Lipinski definition) is 7. The molecule has 0 aromatic heterocycles. The van der Waals surface area contributed by atoms with Gasteiger partial charge in [-0.15, -0.1) is 0 Å². The Hall–Kier alpha value is -3.07. The van der Waals surface area contributed by atoms with Gasteiger partial charge in [-0.1, -0.05) is 162 Å². The summed E-state index contributed by atoms with van der Waals surface area (Å²) in [5, 5.41) is 12.7. The fraction of sp³-hybridized carbons (Fsp3) is 0.617. The summed E-state index contributed by atoms with van der Waals surface area (Å²) in [6.07, 6.45) is 55.0. The molecule has 0 bridgehead atoms. The summed E-state index contributed by atoms with van der Waals surface area (Å²) in [5.41, 5.74) is 0. The van der Waals surface area contributed by atoms with Crippen molar-refractivity contribution in [2.24, 2.45) is 0 Å². The summed E-state index contributed by atoms with van der Waals surface area (Å²) in [6.45, 7) is 3.29. The van der Waals surface area contributed by atoms with Gasteiger partial charge in [-0.3, -0.25) is 18.6 Å². The Labute approximate surface area is 346 Å². The Kier molecular flexibility index (Phi) is 40.2. The van der Waals surface area contributed by atoms with Crippen molar-refractivity contribution >= 4 is 19.7 Å². The van der Waals surface area contributed by atoms with Crippen LogP contribution in [0, 0.1) is 0 Å². The molecular weight excluding hydrogens is 737 g/mol. The summed E-state index contributed by atoms with van der Waals surface area (Å²) in [5.74, 6) is -0.667. The molecule has 0 aromatic rings. The number of allylic oxidation sites excluding steroid dienone is 15. The van der Waals surface area contributed by atoms with E-state index in [9.17, 15) is 24.2 Å². The van der Waals surface area contributed by atoms with Crippen molar-refractivity contribution in [3.05, 3.63) is 97.2 Å². The monoisotopic (exact) mass is 816 g/mol. The number of phosphoric acid groups is 1. The van der Waals surface area contributed by atoms with E-state index in [4.69, 9.17) is 13.8 Å². The van der Waals surface area contributed by atoms with Crippen LogP contribution in [0.1, 0.15) is 155 Å². The average Bonchev–Trinajstić information content (AvgIpc) is 3.20. The van der Waals surface area contributed by atoms with Crippen molar-refractivity contribution in [3.8, 4) is 0 Å². The third-order valence-corrected chi connectivity index (χ3v) is 9.52. The molecule has 0 aliphatic rings. The molecule has 3 N–H and O–H groups in total. The van der Waals surface area contributed by atoms with Gasteiger partial charge in [0.25, 0.3) is 0 Å². The fourth-order valence-electron chi connectivity index (χ4n) is 5.28. The molecule has 10 heteroatoms.